The molecule has 1 aliphatic heterocycles. The predicted octanol–water partition coefficient (Wildman–Crippen LogP) is 10.2. The van der Waals surface area contributed by atoms with Gasteiger partial charge in [-0.1, -0.05) is 0 Å². The zero-order chi connectivity index (χ0) is 34.7. The third-order valence-corrected chi connectivity index (χ3v) is 12.0. The van der Waals surface area contributed by atoms with Gasteiger partial charge in [0, 0.05) is 78.6 Å². The van der Waals surface area contributed by atoms with Gasteiger partial charge in [0.25, 0.3) is 0 Å². The first kappa shape index (κ1) is 32.2. The van der Waals surface area contributed by atoms with Gasteiger partial charge in [-0.3, -0.25) is 0 Å². The molecule has 48 heavy (non-hydrogen) atoms. The number of nitrogens with one attached hydrogen (secondary N) is 5. The Kier molecular flexibility index (Phi) is 6.78. The average Bonchev–Trinajstić information content (AvgIpc) is 3.85. The normalized spacial score (nSPS) is 20.2. The van der Waals surface area contributed by atoms with Crippen LogP contribution in [0.1, 0.15) is 152 Å². The molecule has 252 valence electrons. The minimum atomic E-state index is -0.355. The summed E-state index contributed by atoms with van der Waals surface area (Å²) < 4.78 is 6.74. The molecule has 1 aliphatic rings. The topological polar surface area (TPSA) is 92.1 Å². The van der Waals surface area contributed by atoms with Crippen LogP contribution in [0, 0.1) is 0 Å². The highest BCUT2D eigenvalue weighted by atomic mass is 16.3. The predicted molar refractivity (Wildman–Crippen MR) is 195 cm³/mol. The van der Waals surface area contributed by atoms with Crippen molar-refractivity contribution in [2.45, 2.75) is 116 Å². The van der Waals surface area contributed by atoms with E-state index >= 15 is 0 Å². The first-order valence-electron chi connectivity index (χ1n) is 17.4. The van der Waals surface area contributed by atoms with E-state index in [0.29, 0.717) is 0 Å². The molecule has 0 amide bonds. The van der Waals surface area contributed by atoms with Gasteiger partial charge in [0.2, 0.25) is 0 Å². The Morgan fingerprint density at radius 1 is 0.271 bits per heavy atom. The van der Waals surface area contributed by atoms with Crippen LogP contribution in [0.3, 0.4) is 0 Å². The van der Waals surface area contributed by atoms with E-state index in [1.807, 2.05) is 0 Å². The van der Waals surface area contributed by atoms with Gasteiger partial charge in [0.15, 0.2) is 0 Å². The van der Waals surface area contributed by atoms with Crippen molar-refractivity contribution in [2.24, 2.45) is 0 Å². The molecule has 6 aromatic rings. The number of hydrogen-bond donors (Lipinski definition) is 5. The number of aromatic amines is 5. The lowest BCUT2D eigenvalue weighted by Gasteiger charge is -2.28. The van der Waals surface area contributed by atoms with E-state index in [0.717, 1.165) is 34.3 Å². The summed E-state index contributed by atoms with van der Waals surface area (Å²) in [4.78, 5) is 19.1. The summed E-state index contributed by atoms with van der Waals surface area (Å²) in [5.41, 5.74) is 9.90. The highest BCUT2D eigenvalue weighted by Crippen LogP contribution is 2.42. The summed E-state index contributed by atoms with van der Waals surface area (Å²) >= 11 is 0. The molecular formula is C42H53N5O. The Balaban J connectivity index is 1.38. The molecule has 0 saturated heterocycles. The van der Waals surface area contributed by atoms with Crippen molar-refractivity contribution < 1.29 is 4.42 Å². The van der Waals surface area contributed by atoms with Crippen molar-refractivity contribution in [1.82, 2.24) is 24.9 Å². The van der Waals surface area contributed by atoms with E-state index in [4.69, 9.17) is 4.42 Å². The van der Waals surface area contributed by atoms with Gasteiger partial charge in [-0.05, 0) is 156 Å². The first-order valence-corrected chi connectivity index (χ1v) is 17.4. The van der Waals surface area contributed by atoms with Crippen LogP contribution in [0.2, 0.25) is 0 Å². The van der Waals surface area contributed by atoms with Crippen LogP contribution in [0.4, 0.5) is 0 Å². The van der Waals surface area contributed by atoms with Gasteiger partial charge in [0.1, 0.15) is 11.5 Å². The minimum absolute atomic E-state index is 0.252. The molecule has 5 N–H and O–H groups in total. The van der Waals surface area contributed by atoms with E-state index in [1.165, 1.54) is 34.2 Å². The SMILES string of the molecule is CC1(C)c2ccc([nH]2)C(C)(C)c2ccc([nH]2)C(C)(C)c2ccc([nH]2)C(C)(C)c2ccc(o2)C(C)(C)c2ccc([nH]2)C(C)(C)c2ccc1[nH]2. The van der Waals surface area contributed by atoms with Crippen LogP contribution in [-0.4, -0.2) is 24.9 Å². The van der Waals surface area contributed by atoms with Crippen molar-refractivity contribution in [3.63, 3.8) is 0 Å². The highest BCUT2D eigenvalue weighted by molar-refractivity contribution is 5.43. The maximum atomic E-state index is 6.74. The lowest BCUT2D eigenvalue weighted by molar-refractivity contribution is 0.358. The number of fused-ring (bicyclic) bond motifs is 12. The number of H-pyrrole nitrogens is 5. The molecule has 0 spiro atoms. The Morgan fingerprint density at radius 2 is 0.438 bits per heavy atom. The smallest absolute Gasteiger partial charge is 0.115 e. The molecule has 6 nitrogen and oxygen atoms in total. The zero-order valence-electron chi connectivity index (χ0n) is 30.8. The van der Waals surface area contributed by atoms with Gasteiger partial charge < -0.3 is 29.3 Å². The van der Waals surface area contributed by atoms with Crippen LogP contribution in [0.25, 0.3) is 0 Å². The van der Waals surface area contributed by atoms with Crippen LogP contribution in [0.15, 0.2) is 77.2 Å². The molecule has 0 aliphatic carbocycles. The fraction of sp³-hybridized carbons (Fsp3) is 0.429. The third-order valence-electron chi connectivity index (χ3n) is 12.0. The molecule has 0 saturated carbocycles. The van der Waals surface area contributed by atoms with Crippen LogP contribution < -0.4 is 0 Å². The fourth-order valence-corrected chi connectivity index (χ4v) is 7.48. The van der Waals surface area contributed by atoms with Gasteiger partial charge >= 0.3 is 0 Å². The second-order valence-electron chi connectivity index (χ2n) is 17.3. The fourth-order valence-electron chi connectivity index (χ4n) is 7.48. The monoisotopic (exact) mass is 643 g/mol. The molecule has 7 heterocycles. The van der Waals surface area contributed by atoms with Crippen molar-refractivity contribution in [1.29, 1.82) is 0 Å². The molecule has 0 aromatic carbocycles. The lowest BCUT2D eigenvalue weighted by Crippen LogP contribution is -2.25. The second kappa shape index (κ2) is 10.1. The quantitative estimate of drug-likeness (QED) is 0.112. The molecule has 0 unspecified atom stereocenters. The maximum Gasteiger partial charge on any atom is 0.115 e. The summed E-state index contributed by atoms with van der Waals surface area (Å²) in [5, 5.41) is 0. The first-order chi connectivity index (χ1) is 22.3. The lowest BCUT2D eigenvalue weighted by atomic mass is 9.85. The Hall–Kier alpha value is -4.32. The van der Waals surface area contributed by atoms with Crippen molar-refractivity contribution in [2.75, 3.05) is 0 Å². The molecule has 6 aromatic heterocycles. The second-order valence-corrected chi connectivity index (χ2v) is 17.3. The van der Waals surface area contributed by atoms with Crippen molar-refractivity contribution >= 4 is 0 Å². The summed E-state index contributed by atoms with van der Waals surface area (Å²) in [5.74, 6) is 1.88. The van der Waals surface area contributed by atoms with E-state index in [2.05, 4.69) is 181 Å². The Bertz CT molecular complexity index is 1590. The van der Waals surface area contributed by atoms with Gasteiger partial charge in [0.05, 0.1) is 10.8 Å². The highest BCUT2D eigenvalue weighted by Gasteiger charge is 2.38. The zero-order valence-corrected chi connectivity index (χ0v) is 30.8. The molecule has 7 rings (SSSR count). The minimum Gasteiger partial charge on any atom is -0.464 e. The molecule has 0 radical (unpaired) electrons. The van der Waals surface area contributed by atoms with E-state index in [-0.39, 0.29) is 32.5 Å². The summed E-state index contributed by atoms with van der Waals surface area (Å²) in [7, 11) is 0. The number of hydrogen-bond acceptors (Lipinski definition) is 1. The van der Waals surface area contributed by atoms with E-state index in [1.54, 1.807) is 0 Å². The van der Waals surface area contributed by atoms with E-state index < -0.39 is 0 Å². The standard InChI is InChI=1S/C42H53N5O/c1-37(2)25-13-14-26(43-25)38(3,4)28-16-18-30(45-28)40(7,8)32-20-22-34(47-32)42(11,12)36-24-23-35(48-36)41(9,10)33-21-19-31(46-33)39(5,6)29-17-15-27(37)44-29/h13-24,43-47H,1-12H3. The number of furan rings is 1. The molecule has 12 bridgehead atoms. The third kappa shape index (κ3) is 4.66. The summed E-state index contributed by atoms with van der Waals surface area (Å²) in [6, 6.07) is 26.7. The summed E-state index contributed by atoms with van der Waals surface area (Å²) in [6.07, 6.45) is 0. The Labute approximate surface area is 285 Å². The van der Waals surface area contributed by atoms with Crippen molar-refractivity contribution in [3.05, 3.63) is 141 Å². The van der Waals surface area contributed by atoms with Crippen LogP contribution >= 0.6 is 0 Å². The largest absolute Gasteiger partial charge is 0.464 e. The molecule has 0 atom stereocenters. The number of rotatable bonds is 0. The maximum absolute atomic E-state index is 6.74. The molecular weight excluding hydrogens is 590 g/mol. The van der Waals surface area contributed by atoms with Crippen LogP contribution in [-0.2, 0) is 32.5 Å². The van der Waals surface area contributed by atoms with Crippen molar-refractivity contribution in [3.8, 4) is 0 Å². The molecule has 6 heteroatoms. The summed E-state index contributed by atoms with van der Waals surface area (Å²) in [6.45, 7) is 27.2. The van der Waals surface area contributed by atoms with Gasteiger partial charge in [-0.2, -0.15) is 0 Å². The average molecular weight is 644 g/mol. The Morgan fingerprint density at radius 3 is 0.625 bits per heavy atom. The van der Waals surface area contributed by atoms with Crippen LogP contribution in [0.5, 0.6) is 0 Å². The number of aromatic nitrogens is 5. The van der Waals surface area contributed by atoms with Gasteiger partial charge in [-0.15, -0.1) is 0 Å². The van der Waals surface area contributed by atoms with Gasteiger partial charge in [-0.25, -0.2) is 0 Å². The van der Waals surface area contributed by atoms with E-state index in [9.17, 15) is 0 Å². The molecule has 0 fully saturated rings.